The van der Waals surface area contributed by atoms with Crippen molar-refractivity contribution in [2.45, 2.75) is 19.5 Å². The van der Waals surface area contributed by atoms with E-state index >= 15 is 0 Å². The molecule has 0 aliphatic carbocycles. The van der Waals surface area contributed by atoms with Crippen molar-refractivity contribution in [3.05, 3.63) is 125 Å². The number of nitrogens with zero attached hydrogens (tertiary/aromatic N) is 2. The topological polar surface area (TPSA) is 45.2 Å². The Morgan fingerprint density at radius 2 is 1.70 bits per heavy atom. The molecule has 1 heterocycles. The highest BCUT2D eigenvalue weighted by Crippen LogP contribution is 2.25. The fraction of sp³-hybridized carbons (Fsp3) is 0.111. The molecular formula is C27H23ClFN3O. The van der Waals surface area contributed by atoms with E-state index in [-0.39, 0.29) is 24.3 Å². The Labute approximate surface area is 197 Å². The molecule has 0 saturated heterocycles. The van der Waals surface area contributed by atoms with Crippen molar-refractivity contribution in [3.63, 3.8) is 0 Å². The van der Waals surface area contributed by atoms with Gasteiger partial charge in [0.25, 0.3) is 5.91 Å². The molecule has 0 aliphatic rings. The number of benzene rings is 3. The number of rotatable bonds is 7. The van der Waals surface area contributed by atoms with Crippen molar-refractivity contribution in [2.75, 3.05) is 10.2 Å². The number of carbonyl (C=O) groups is 1. The SMILES string of the molecule is C[C@H](Nc1cc(N(Cc2ccc(F)cc2)C(=O)c2ccc(Cl)cc2)ccn1)c1ccccc1. The third-order valence-corrected chi connectivity index (χ3v) is 5.56. The predicted molar refractivity (Wildman–Crippen MR) is 131 cm³/mol. The maximum atomic E-state index is 13.5. The summed E-state index contributed by atoms with van der Waals surface area (Å²) in [6, 6.07) is 26.6. The summed E-state index contributed by atoms with van der Waals surface area (Å²) in [7, 11) is 0. The Hall–Kier alpha value is -3.70. The van der Waals surface area contributed by atoms with Crippen molar-refractivity contribution in [2.24, 2.45) is 0 Å². The number of amides is 1. The summed E-state index contributed by atoms with van der Waals surface area (Å²) >= 11 is 6.00. The van der Waals surface area contributed by atoms with Gasteiger partial charge in [-0.3, -0.25) is 4.79 Å². The quantitative estimate of drug-likeness (QED) is 0.327. The van der Waals surface area contributed by atoms with Crippen LogP contribution in [0.2, 0.25) is 5.02 Å². The van der Waals surface area contributed by atoms with Gasteiger partial charge in [0.05, 0.1) is 6.54 Å². The smallest absolute Gasteiger partial charge is 0.258 e. The highest BCUT2D eigenvalue weighted by Gasteiger charge is 2.19. The Balaban J connectivity index is 1.64. The number of nitrogens with one attached hydrogen (secondary N) is 1. The molecule has 1 aromatic heterocycles. The fourth-order valence-corrected chi connectivity index (χ4v) is 3.64. The minimum absolute atomic E-state index is 0.0338. The van der Waals surface area contributed by atoms with E-state index in [9.17, 15) is 9.18 Å². The molecule has 0 fully saturated rings. The van der Waals surface area contributed by atoms with Crippen molar-refractivity contribution < 1.29 is 9.18 Å². The molecule has 33 heavy (non-hydrogen) atoms. The van der Waals surface area contributed by atoms with E-state index in [1.807, 2.05) is 36.4 Å². The number of aromatic nitrogens is 1. The predicted octanol–water partition coefficient (Wildman–Crippen LogP) is 6.89. The molecule has 0 radical (unpaired) electrons. The average Bonchev–Trinajstić information content (AvgIpc) is 2.84. The van der Waals surface area contributed by atoms with E-state index in [0.717, 1.165) is 11.1 Å². The Morgan fingerprint density at radius 1 is 1.00 bits per heavy atom. The van der Waals surface area contributed by atoms with Crippen LogP contribution < -0.4 is 10.2 Å². The highest BCUT2D eigenvalue weighted by molar-refractivity contribution is 6.30. The molecule has 0 aliphatic heterocycles. The second-order valence-corrected chi connectivity index (χ2v) is 8.14. The van der Waals surface area contributed by atoms with Crippen molar-refractivity contribution >= 4 is 29.0 Å². The number of pyridine rings is 1. The molecule has 1 N–H and O–H groups in total. The normalized spacial score (nSPS) is 11.6. The van der Waals surface area contributed by atoms with Crippen LogP contribution in [-0.4, -0.2) is 10.9 Å². The van der Waals surface area contributed by atoms with Gasteiger partial charge >= 0.3 is 0 Å². The molecule has 4 aromatic rings. The number of hydrogen-bond donors (Lipinski definition) is 1. The van der Waals surface area contributed by atoms with Gasteiger partial charge in [0.2, 0.25) is 0 Å². The molecule has 166 valence electrons. The average molecular weight is 460 g/mol. The highest BCUT2D eigenvalue weighted by atomic mass is 35.5. The lowest BCUT2D eigenvalue weighted by atomic mass is 10.1. The van der Waals surface area contributed by atoms with E-state index in [1.54, 1.807) is 53.6 Å². The molecule has 0 bridgehead atoms. The second-order valence-electron chi connectivity index (χ2n) is 7.70. The molecule has 6 heteroatoms. The van der Waals surface area contributed by atoms with Crippen LogP contribution in [0.4, 0.5) is 15.9 Å². The van der Waals surface area contributed by atoms with E-state index in [0.29, 0.717) is 22.1 Å². The van der Waals surface area contributed by atoms with Crippen molar-refractivity contribution in [3.8, 4) is 0 Å². The van der Waals surface area contributed by atoms with E-state index in [2.05, 4.69) is 17.2 Å². The second kappa shape index (κ2) is 10.3. The van der Waals surface area contributed by atoms with Crippen LogP contribution in [0.3, 0.4) is 0 Å². The van der Waals surface area contributed by atoms with Crippen LogP contribution in [0.1, 0.15) is 34.5 Å². The molecule has 0 saturated carbocycles. The van der Waals surface area contributed by atoms with Crippen molar-refractivity contribution in [1.29, 1.82) is 0 Å². The molecule has 4 nitrogen and oxygen atoms in total. The van der Waals surface area contributed by atoms with E-state index in [1.165, 1.54) is 12.1 Å². The Bertz CT molecular complexity index is 1210. The first-order chi connectivity index (χ1) is 16.0. The molecule has 1 amide bonds. The fourth-order valence-electron chi connectivity index (χ4n) is 3.51. The van der Waals surface area contributed by atoms with Gasteiger partial charge in [0, 0.05) is 34.6 Å². The number of halogens is 2. The van der Waals surface area contributed by atoms with Crippen molar-refractivity contribution in [1.82, 2.24) is 4.98 Å². The van der Waals surface area contributed by atoms with Gasteiger partial charge in [-0.05, 0) is 60.5 Å². The van der Waals surface area contributed by atoms with E-state index in [4.69, 9.17) is 11.6 Å². The summed E-state index contributed by atoms with van der Waals surface area (Å²) in [5, 5.41) is 3.95. The minimum Gasteiger partial charge on any atom is -0.363 e. The summed E-state index contributed by atoms with van der Waals surface area (Å²) < 4.78 is 13.4. The summed E-state index contributed by atoms with van der Waals surface area (Å²) in [6.45, 7) is 2.33. The van der Waals surface area contributed by atoms with Gasteiger partial charge < -0.3 is 10.2 Å². The lowest BCUT2D eigenvalue weighted by Gasteiger charge is -2.24. The maximum Gasteiger partial charge on any atom is 0.258 e. The number of anilines is 2. The molecular weight excluding hydrogens is 437 g/mol. The summed E-state index contributed by atoms with van der Waals surface area (Å²) in [6.07, 6.45) is 1.67. The Kier molecular flexibility index (Phi) is 7.01. The first-order valence-corrected chi connectivity index (χ1v) is 11.0. The zero-order chi connectivity index (χ0) is 23.2. The first kappa shape index (κ1) is 22.5. The van der Waals surface area contributed by atoms with Gasteiger partial charge in [-0.2, -0.15) is 0 Å². The summed E-state index contributed by atoms with van der Waals surface area (Å²) in [4.78, 5) is 19.5. The third kappa shape index (κ3) is 5.76. The van der Waals surface area contributed by atoms with Crippen LogP contribution in [0, 0.1) is 5.82 Å². The number of hydrogen-bond acceptors (Lipinski definition) is 3. The van der Waals surface area contributed by atoms with E-state index < -0.39 is 0 Å². The van der Waals surface area contributed by atoms with Gasteiger partial charge in [0.1, 0.15) is 11.6 Å². The molecule has 3 aromatic carbocycles. The third-order valence-electron chi connectivity index (χ3n) is 5.31. The zero-order valence-electron chi connectivity index (χ0n) is 18.1. The van der Waals surface area contributed by atoms with Gasteiger partial charge in [0.15, 0.2) is 0 Å². The van der Waals surface area contributed by atoms with Crippen LogP contribution in [0.5, 0.6) is 0 Å². The zero-order valence-corrected chi connectivity index (χ0v) is 18.8. The molecule has 1 atom stereocenters. The lowest BCUT2D eigenvalue weighted by Crippen LogP contribution is -2.30. The summed E-state index contributed by atoms with van der Waals surface area (Å²) in [5.41, 5.74) is 3.12. The largest absolute Gasteiger partial charge is 0.363 e. The molecule has 0 spiro atoms. The monoisotopic (exact) mass is 459 g/mol. The van der Waals surface area contributed by atoms with Gasteiger partial charge in [-0.25, -0.2) is 9.37 Å². The van der Waals surface area contributed by atoms with Crippen LogP contribution in [0.15, 0.2) is 97.2 Å². The van der Waals surface area contributed by atoms with Crippen LogP contribution >= 0.6 is 11.6 Å². The molecule has 0 unspecified atom stereocenters. The Morgan fingerprint density at radius 3 is 2.39 bits per heavy atom. The van der Waals surface area contributed by atoms with Gasteiger partial charge in [-0.15, -0.1) is 0 Å². The van der Waals surface area contributed by atoms with Gasteiger partial charge in [-0.1, -0.05) is 54.1 Å². The van der Waals surface area contributed by atoms with Crippen LogP contribution in [-0.2, 0) is 6.54 Å². The maximum absolute atomic E-state index is 13.5. The standard InChI is InChI=1S/C27H23ClFN3O/c1-19(21-5-3-2-4-6-21)31-26-17-25(15-16-30-26)32(18-20-7-13-24(29)14-8-20)27(33)22-9-11-23(28)12-10-22/h2-17,19H,18H2,1H3,(H,30,31)/t19-/m0/s1. The number of carbonyl (C=O) groups excluding carboxylic acids is 1. The molecule has 4 rings (SSSR count). The minimum atomic E-state index is -0.320. The summed E-state index contributed by atoms with van der Waals surface area (Å²) in [5.74, 6) is 0.140. The van der Waals surface area contributed by atoms with Crippen LogP contribution in [0.25, 0.3) is 0 Å². The lowest BCUT2D eigenvalue weighted by molar-refractivity contribution is 0.0985. The first-order valence-electron chi connectivity index (χ1n) is 10.6.